The first-order valence-corrected chi connectivity index (χ1v) is 11.6. The zero-order chi connectivity index (χ0) is 23.5. The van der Waals surface area contributed by atoms with Gasteiger partial charge in [-0.15, -0.1) is 0 Å². The van der Waals surface area contributed by atoms with Crippen LogP contribution < -0.4 is 15.1 Å². The average molecular weight is 455 g/mol. The zero-order valence-electron chi connectivity index (χ0n) is 18.8. The quantitative estimate of drug-likeness (QED) is 0.639. The van der Waals surface area contributed by atoms with Crippen molar-refractivity contribution >= 4 is 29.1 Å². The van der Waals surface area contributed by atoms with Gasteiger partial charge >= 0.3 is 0 Å². The van der Waals surface area contributed by atoms with Crippen LogP contribution in [0, 0.1) is 5.92 Å². The van der Waals surface area contributed by atoms with Crippen LogP contribution in [-0.2, 0) is 16.1 Å². The third-order valence-electron chi connectivity index (χ3n) is 6.60. The van der Waals surface area contributed by atoms with E-state index in [2.05, 4.69) is 10.3 Å². The molecule has 5 rings (SSSR count). The van der Waals surface area contributed by atoms with Crippen LogP contribution in [0.4, 0.5) is 11.4 Å². The summed E-state index contributed by atoms with van der Waals surface area (Å²) in [5.74, 6) is -0.798. The number of anilines is 2. The van der Waals surface area contributed by atoms with Crippen molar-refractivity contribution in [2.45, 2.75) is 31.8 Å². The van der Waals surface area contributed by atoms with Crippen molar-refractivity contribution in [3.8, 4) is 0 Å². The van der Waals surface area contributed by atoms with Crippen LogP contribution in [0.1, 0.15) is 35.2 Å². The number of hydrogen-bond acceptors (Lipinski definition) is 4. The Morgan fingerprint density at radius 3 is 2.47 bits per heavy atom. The van der Waals surface area contributed by atoms with Gasteiger partial charge in [-0.05, 0) is 42.7 Å². The Bertz CT molecular complexity index is 1200. The normalized spacial score (nSPS) is 19.2. The molecule has 0 bridgehead atoms. The zero-order valence-corrected chi connectivity index (χ0v) is 18.8. The fourth-order valence-corrected chi connectivity index (χ4v) is 5.02. The number of nitrogens with one attached hydrogen (secondary N) is 1. The van der Waals surface area contributed by atoms with Crippen LogP contribution in [0.5, 0.6) is 0 Å². The first-order chi connectivity index (χ1) is 16.6. The van der Waals surface area contributed by atoms with E-state index in [9.17, 15) is 14.4 Å². The third-order valence-corrected chi connectivity index (χ3v) is 6.60. The molecule has 2 unspecified atom stereocenters. The van der Waals surface area contributed by atoms with Gasteiger partial charge in [-0.25, -0.2) is 0 Å². The molecule has 2 atom stereocenters. The second-order valence-electron chi connectivity index (χ2n) is 8.69. The molecule has 0 saturated heterocycles. The Morgan fingerprint density at radius 1 is 0.941 bits per heavy atom. The fourth-order valence-electron chi connectivity index (χ4n) is 5.02. The van der Waals surface area contributed by atoms with Crippen LogP contribution >= 0.6 is 0 Å². The maximum Gasteiger partial charge on any atom is 0.253 e. The van der Waals surface area contributed by atoms with Crippen LogP contribution in [0.25, 0.3) is 0 Å². The number of carbonyl (C=O) groups is 3. The molecule has 7 nitrogen and oxygen atoms in total. The Labute approximate surface area is 198 Å². The molecule has 1 fully saturated rings. The summed E-state index contributed by atoms with van der Waals surface area (Å²) in [7, 11) is 0. The van der Waals surface area contributed by atoms with Gasteiger partial charge in [0.05, 0.1) is 35.9 Å². The smallest absolute Gasteiger partial charge is 0.253 e. The molecule has 1 aliphatic carbocycles. The Kier molecular flexibility index (Phi) is 6.08. The van der Waals surface area contributed by atoms with Gasteiger partial charge < -0.3 is 15.1 Å². The lowest BCUT2D eigenvalue weighted by molar-refractivity contribution is -0.123. The van der Waals surface area contributed by atoms with Crippen LogP contribution in [0.3, 0.4) is 0 Å². The lowest BCUT2D eigenvalue weighted by Gasteiger charge is -2.30. The number of benzene rings is 2. The van der Waals surface area contributed by atoms with Crippen LogP contribution in [0.15, 0.2) is 79.1 Å². The summed E-state index contributed by atoms with van der Waals surface area (Å²) in [6, 6.07) is 20.5. The number of amides is 3. The van der Waals surface area contributed by atoms with Crippen molar-refractivity contribution in [1.82, 2.24) is 10.3 Å². The molecule has 2 aromatic carbocycles. The fraction of sp³-hybridized carbons (Fsp3) is 0.259. The van der Waals surface area contributed by atoms with Gasteiger partial charge in [-0.1, -0.05) is 48.9 Å². The Hall–Kier alpha value is -4.00. The predicted octanol–water partition coefficient (Wildman–Crippen LogP) is 3.56. The summed E-state index contributed by atoms with van der Waals surface area (Å²) < 4.78 is 0. The number of rotatable bonds is 5. The SMILES string of the molecule is O=C(NCC(=O)N1c2ccccc2N(Cc2ccccc2)C(=O)C2CCCC21)c1cccnc1. The van der Waals surface area contributed by atoms with Gasteiger partial charge in [0.1, 0.15) is 0 Å². The highest BCUT2D eigenvalue weighted by Gasteiger charge is 2.45. The molecule has 0 radical (unpaired) electrons. The van der Waals surface area contributed by atoms with E-state index in [0.29, 0.717) is 17.8 Å². The molecule has 34 heavy (non-hydrogen) atoms. The highest BCUT2D eigenvalue weighted by atomic mass is 16.2. The first-order valence-electron chi connectivity index (χ1n) is 11.6. The standard InChI is InChI=1S/C27H26N4O3/c32-25(17-29-26(33)20-10-7-15-28-16-20)31-22-14-6-11-21(22)27(34)30(18-19-8-2-1-3-9-19)23-12-4-5-13-24(23)31/h1-5,7-10,12-13,15-16,21-22H,6,11,14,17-18H2,(H,29,33). The minimum Gasteiger partial charge on any atom is -0.343 e. The van der Waals surface area contributed by atoms with E-state index in [1.807, 2.05) is 59.5 Å². The lowest BCUT2D eigenvalue weighted by atomic mass is 10.0. The summed E-state index contributed by atoms with van der Waals surface area (Å²) in [6.07, 6.45) is 5.44. The molecular weight excluding hydrogens is 428 g/mol. The van der Waals surface area contributed by atoms with Crippen molar-refractivity contribution in [3.05, 3.63) is 90.3 Å². The van der Waals surface area contributed by atoms with E-state index in [4.69, 9.17) is 0 Å². The topological polar surface area (TPSA) is 82.6 Å². The number of carbonyl (C=O) groups excluding carboxylic acids is 3. The van der Waals surface area contributed by atoms with Crippen molar-refractivity contribution in [2.75, 3.05) is 16.3 Å². The predicted molar refractivity (Wildman–Crippen MR) is 129 cm³/mol. The molecule has 2 aliphatic rings. The van der Waals surface area contributed by atoms with Crippen molar-refractivity contribution < 1.29 is 14.4 Å². The molecule has 2 heterocycles. The summed E-state index contributed by atoms with van der Waals surface area (Å²) in [4.78, 5) is 47.3. The molecule has 3 aromatic rings. The minimum absolute atomic E-state index is 0.0495. The van der Waals surface area contributed by atoms with E-state index < -0.39 is 0 Å². The minimum atomic E-state index is -0.352. The highest BCUT2D eigenvalue weighted by molar-refractivity contribution is 6.08. The van der Waals surface area contributed by atoms with E-state index in [1.54, 1.807) is 23.2 Å². The van der Waals surface area contributed by atoms with E-state index in [0.717, 1.165) is 30.5 Å². The number of aromatic nitrogens is 1. The molecular formula is C27H26N4O3. The molecule has 1 N–H and O–H groups in total. The molecule has 3 amide bonds. The van der Waals surface area contributed by atoms with Crippen molar-refractivity contribution in [2.24, 2.45) is 5.92 Å². The van der Waals surface area contributed by atoms with Gasteiger partial charge in [-0.2, -0.15) is 0 Å². The Balaban J connectivity index is 1.46. The second-order valence-corrected chi connectivity index (χ2v) is 8.69. The van der Waals surface area contributed by atoms with Crippen LogP contribution in [-0.4, -0.2) is 35.3 Å². The molecule has 1 aliphatic heterocycles. The average Bonchev–Trinajstić information content (AvgIpc) is 3.33. The molecule has 0 spiro atoms. The summed E-state index contributed by atoms with van der Waals surface area (Å²) >= 11 is 0. The Morgan fingerprint density at radius 2 is 1.71 bits per heavy atom. The van der Waals surface area contributed by atoms with Crippen LogP contribution in [0.2, 0.25) is 0 Å². The number of para-hydroxylation sites is 2. The largest absolute Gasteiger partial charge is 0.343 e. The van der Waals surface area contributed by atoms with E-state index >= 15 is 0 Å². The summed E-state index contributed by atoms with van der Waals surface area (Å²) in [5.41, 5.74) is 2.86. The molecule has 1 saturated carbocycles. The van der Waals surface area contributed by atoms with Gasteiger partial charge in [-0.3, -0.25) is 19.4 Å². The molecule has 7 heteroatoms. The maximum atomic E-state index is 13.7. The van der Waals surface area contributed by atoms with Gasteiger partial charge in [0.15, 0.2) is 0 Å². The lowest BCUT2D eigenvalue weighted by Crippen LogP contribution is -2.48. The van der Waals surface area contributed by atoms with Gasteiger partial charge in [0.25, 0.3) is 5.91 Å². The number of hydrogen-bond donors (Lipinski definition) is 1. The van der Waals surface area contributed by atoms with E-state index in [1.165, 1.54) is 6.20 Å². The number of fused-ring (bicyclic) bond motifs is 2. The molecule has 172 valence electrons. The summed E-state index contributed by atoms with van der Waals surface area (Å²) in [5, 5.41) is 2.72. The second kappa shape index (κ2) is 9.47. The maximum absolute atomic E-state index is 13.7. The van der Waals surface area contributed by atoms with Crippen molar-refractivity contribution in [1.29, 1.82) is 0 Å². The molecule has 1 aromatic heterocycles. The van der Waals surface area contributed by atoms with Crippen molar-refractivity contribution in [3.63, 3.8) is 0 Å². The highest BCUT2D eigenvalue weighted by Crippen LogP contribution is 2.43. The van der Waals surface area contributed by atoms with Gasteiger partial charge in [0.2, 0.25) is 11.8 Å². The first kappa shape index (κ1) is 21.8. The monoisotopic (exact) mass is 454 g/mol. The third kappa shape index (κ3) is 4.17. The number of pyridine rings is 1. The van der Waals surface area contributed by atoms with Gasteiger partial charge in [0, 0.05) is 18.4 Å². The summed E-state index contributed by atoms with van der Waals surface area (Å²) in [6.45, 7) is 0.290. The number of nitrogens with zero attached hydrogens (tertiary/aromatic N) is 3. The van der Waals surface area contributed by atoms with E-state index in [-0.39, 0.29) is 36.2 Å².